The normalized spacial score (nSPS) is 10.7. The fraction of sp³-hybridized carbons (Fsp3) is 0.167. The van der Waals surface area contributed by atoms with Crippen LogP contribution < -0.4 is 5.56 Å². The minimum atomic E-state index is -0.605. The van der Waals surface area contributed by atoms with Gasteiger partial charge in [-0.25, -0.2) is 0 Å². The smallest absolute Gasteiger partial charge is 0.271 e. The minimum absolute atomic E-state index is 0.0387. The Morgan fingerprint density at radius 2 is 2.15 bits per heavy atom. The first-order chi connectivity index (χ1) is 12.3. The Morgan fingerprint density at radius 3 is 2.69 bits per heavy atom. The van der Waals surface area contributed by atoms with E-state index in [4.69, 9.17) is 0 Å². The lowest BCUT2D eigenvalue weighted by atomic mass is 10.1. The van der Waals surface area contributed by atoms with E-state index in [0.717, 1.165) is 4.57 Å². The summed E-state index contributed by atoms with van der Waals surface area (Å²) < 4.78 is 1.03. The number of nitrogens with zero attached hydrogens (tertiary/aromatic N) is 4. The third kappa shape index (κ3) is 3.37. The Bertz CT molecular complexity index is 1030. The molecule has 132 valence electrons. The van der Waals surface area contributed by atoms with Crippen molar-refractivity contribution in [3.63, 3.8) is 0 Å². The van der Waals surface area contributed by atoms with Crippen LogP contribution in [0.2, 0.25) is 0 Å². The number of nitriles is 1. The van der Waals surface area contributed by atoms with E-state index < -0.39 is 10.5 Å². The molecule has 1 heterocycles. The van der Waals surface area contributed by atoms with E-state index in [9.17, 15) is 25.3 Å². The number of aliphatic imine (C=N–C) groups is 1. The third-order valence-corrected chi connectivity index (χ3v) is 3.88. The highest BCUT2D eigenvalue weighted by Crippen LogP contribution is 2.25. The molecule has 2 aromatic rings. The Hall–Kier alpha value is -3.73. The fourth-order valence-corrected chi connectivity index (χ4v) is 2.46. The van der Waals surface area contributed by atoms with Gasteiger partial charge in [0.2, 0.25) is 5.88 Å². The molecule has 0 spiro atoms. The summed E-state index contributed by atoms with van der Waals surface area (Å²) in [6.45, 7) is 6.79. The number of pyridine rings is 1. The lowest BCUT2D eigenvalue weighted by Gasteiger charge is -2.12. The number of aromatic nitrogens is 1. The first-order valence-electron chi connectivity index (χ1n) is 7.58. The van der Waals surface area contributed by atoms with Crippen molar-refractivity contribution in [1.29, 1.82) is 5.26 Å². The number of aromatic hydroxyl groups is 1. The zero-order valence-corrected chi connectivity index (χ0v) is 14.3. The van der Waals surface area contributed by atoms with Crippen molar-refractivity contribution < 1.29 is 10.0 Å². The molecular formula is C18H16N4O4. The van der Waals surface area contributed by atoms with Crippen LogP contribution in [0.3, 0.4) is 0 Å². The molecule has 0 saturated carbocycles. The van der Waals surface area contributed by atoms with Crippen LogP contribution in [0.1, 0.15) is 22.3 Å². The van der Waals surface area contributed by atoms with E-state index in [0.29, 0.717) is 16.8 Å². The number of benzene rings is 1. The molecule has 0 aliphatic carbocycles. The Morgan fingerprint density at radius 1 is 1.46 bits per heavy atom. The summed E-state index contributed by atoms with van der Waals surface area (Å²) in [5.41, 5.74) is 0.825. The summed E-state index contributed by atoms with van der Waals surface area (Å²) in [7, 11) is 0. The van der Waals surface area contributed by atoms with Gasteiger partial charge in [-0.3, -0.25) is 24.5 Å². The van der Waals surface area contributed by atoms with Crippen LogP contribution in [0, 0.1) is 35.3 Å². The maximum absolute atomic E-state index is 12.2. The summed E-state index contributed by atoms with van der Waals surface area (Å²) in [6.07, 6.45) is 2.76. The molecule has 0 amide bonds. The second kappa shape index (κ2) is 7.44. The monoisotopic (exact) mass is 352 g/mol. The van der Waals surface area contributed by atoms with Crippen LogP contribution in [0.15, 0.2) is 40.6 Å². The highest BCUT2D eigenvalue weighted by atomic mass is 16.6. The summed E-state index contributed by atoms with van der Waals surface area (Å²) in [5.74, 6) is -0.324. The summed E-state index contributed by atoms with van der Waals surface area (Å²) in [4.78, 5) is 26.8. The molecule has 0 saturated heterocycles. The predicted molar refractivity (Wildman–Crippen MR) is 97.1 cm³/mol. The van der Waals surface area contributed by atoms with Gasteiger partial charge in [-0.05, 0) is 31.0 Å². The van der Waals surface area contributed by atoms with E-state index in [2.05, 4.69) is 11.6 Å². The Labute approximate surface area is 149 Å². The predicted octanol–water partition coefficient (Wildman–Crippen LogP) is 2.89. The maximum atomic E-state index is 12.2. The average molecular weight is 352 g/mol. The van der Waals surface area contributed by atoms with Crippen molar-refractivity contribution in [2.75, 3.05) is 0 Å². The van der Waals surface area contributed by atoms with E-state index in [1.54, 1.807) is 13.8 Å². The van der Waals surface area contributed by atoms with Crippen LogP contribution >= 0.6 is 0 Å². The van der Waals surface area contributed by atoms with Gasteiger partial charge in [0, 0.05) is 24.9 Å². The molecule has 1 aromatic heterocycles. The van der Waals surface area contributed by atoms with Gasteiger partial charge < -0.3 is 5.11 Å². The van der Waals surface area contributed by atoms with Gasteiger partial charge in [0.25, 0.3) is 11.2 Å². The molecule has 1 N–H and O–H groups in total. The summed E-state index contributed by atoms with van der Waals surface area (Å²) >= 11 is 0. The zero-order valence-electron chi connectivity index (χ0n) is 14.3. The maximum Gasteiger partial charge on any atom is 0.271 e. The largest absolute Gasteiger partial charge is 0.494 e. The SMILES string of the molecule is C=CCn1c(O)c(C=Nc2ccc([N+](=O)[O-])cc2C)c(C)c(C#N)c1=O. The van der Waals surface area contributed by atoms with Crippen LogP contribution in [0.25, 0.3) is 0 Å². The zero-order chi connectivity index (χ0) is 19.4. The second-order valence-corrected chi connectivity index (χ2v) is 5.54. The lowest BCUT2D eigenvalue weighted by Crippen LogP contribution is -2.24. The van der Waals surface area contributed by atoms with Crippen molar-refractivity contribution in [3.8, 4) is 11.9 Å². The molecule has 0 atom stereocenters. The number of aryl methyl sites for hydroxylation is 1. The van der Waals surface area contributed by atoms with Gasteiger partial charge in [0.05, 0.1) is 16.2 Å². The van der Waals surface area contributed by atoms with E-state index in [-0.39, 0.29) is 29.2 Å². The van der Waals surface area contributed by atoms with Crippen molar-refractivity contribution in [1.82, 2.24) is 4.57 Å². The molecule has 8 heteroatoms. The van der Waals surface area contributed by atoms with Gasteiger partial charge in [-0.2, -0.15) is 5.26 Å². The summed E-state index contributed by atoms with van der Waals surface area (Å²) in [6, 6.07) is 6.04. The topological polar surface area (TPSA) is 122 Å². The second-order valence-electron chi connectivity index (χ2n) is 5.54. The number of rotatable bonds is 5. The Balaban J connectivity index is 2.59. The van der Waals surface area contributed by atoms with Crippen LogP contribution in [0.5, 0.6) is 5.88 Å². The molecular weight excluding hydrogens is 336 g/mol. The minimum Gasteiger partial charge on any atom is -0.494 e. The molecule has 26 heavy (non-hydrogen) atoms. The van der Waals surface area contributed by atoms with Gasteiger partial charge in [-0.1, -0.05) is 6.08 Å². The molecule has 1 aromatic carbocycles. The van der Waals surface area contributed by atoms with Crippen molar-refractivity contribution >= 4 is 17.6 Å². The lowest BCUT2D eigenvalue weighted by molar-refractivity contribution is -0.384. The van der Waals surface area contributed by atoms with E-state index in [1.165, 1.54) is 30.5 Å². The highest BCUT2D eigenvalue weighted by Gasteiger charge is 2.17. The van der Waals surface area contributed by atoms with E-state index in [1.807, 2.05) is 6.07 Å². The van der Waals surface area contributed by atoms with Crippen LogP contribution in [-0.4, -0.2) is 20.8 Å². The fourth-order valence-electron chi connectivity index (χ4n) is 2.46. The van der Waals surface area contributed by atoms with Crippen molar-refractivity contribution in [2.24, 2.45) is 4.99 Å². The number of hydrogen-bond acceptors (Lipinski definition) is 6. The van der Waals surface area contributed by atoms with Gasteiger partial charge in [0.1, 0.15) is 11.6 Å². The number of nitro groups is 1. The molecule has 0 aliphatic heterocycles. The highest BCUT2D eigenvalue weighted by molar-refractivity contribution is 5.87. The van der Waals surface area contributed by atoms with Gasteiger partial charge in [-0.15, -0.1) is 6.58 Å². The number of hydrogen-bond donors (Lipinski definition) is 1. The molecule has 0 radical (unpaired) electrons. The average Bonchev–Trinajstić information content (AvgIpc) is 2.60. The number of nitro benzene ring substituents is 1. The van der Waals surface area contributed by atoms with E-state index >= 15 is 0 Å². The quantitative estimate of drug-likeness (QED) is 0.384. The third-order valence-electron chi connectivity index (χ3n) is 3.88. The number of non-ortho nitro benzene ring substituents is 1. The summed E-state index contributed by atoms with van der Waals surface area (Å²) in [5, 5.41) is 30.4. The molecule has 0 aliphatic rings. The molecule has 0 fully saturated rings. The van der Waals surface area contributed by atoms with Crippen molar-refractivity contribution in [3.05, 3.63) is 73.6 Å². The molecule has 0 bridgehead atoms. The Kier molecular flexibility index (Phi) is 5.33. The molecule has 8 nitrogen and oxygen atoms in total. The first kappa shape index (κ1) is 18.6. The standard InChI is InChI=1S/C18H16N4O4/c1-4-7-21-17(23)14(9-19)12(3)15(18(21)24)10-20-16-6-5-13(22(25)26)8-11(16)2/h4-6,8,10,24H,1,7H2,2-3H3. The van der Waals surface area contributed by atoms with Crippen molar-refractivity contribution in [2.45, 2.75) is 20.4 Å². The molecule has 0 unspecified atom stereocenters. The molecule has 2 rings (SSSR count). The van der Waals surface area contributed by atoms with Crippen LogP contribution in [-0.2, 0) is 6.54 Å². The van der Waals surface area contributed by atoms with Gasteiger partial charge in [0.15, 0.2) is 0 Å². The first-order valence-corrected chi connectivity index (χ1v) is 7.58. The number of allylic oxidation sites excluding steroid dienone is 1. The van der Waals surface area contributed by atoms with Gasteiger partial charge >= 0.3 is 0 Å². The van der Waals surface area contributed by atoms with Crippen LogP contribution in [0.4, 0.5) is 11.4 Å².